The first-order chi connectivity index (χ1) is 13.2. The average molecular weight is 367 g/mol. The zero-order chi connectivity index (χ0) is 19.5. The van der Waals surface area contributed by atoms with Crippen LogP contribution in [0.1, 0.15) is 56.1 Å². The molecule has 4 heteroatoms. The predicted octanol–water partition coefficient (Wildman–Crippen LogP) is 4.45. The van der Waals surface area contributed by atoms with Gasteiger partial charge in [0.05, 0.1) is 13.0 Å². The summed E-state index contributed by atoms with van der Waals surface area (Å²) >= 11 is 0. The van der Waals surface area contributed by atoms with Crippen LogP contribution in [0.2, 0.25) is 0 Å². The Morgan fingerprint density at radius 3 is 1.93 bits per heavy atom. The van der Waals surface area contributed by atoms with Crippen LogP contribution < -0.4 is 5.32 Å². The Labute approximate surface area is 161 Å². The molecular formula is C23H29NO3. The number of hydrogen-bond acceptors (Lipinski definition) is 3. The van der Waals surface area contributed by atoms with Gasteiger partial charge < -0.3 is 10.1 Å². The molecule has 0 spiro atoms. The molecular weight excluding hydrogens is 338 g/mol. The standard InChI is InChI=1S/C23H29NO3/c1-3-4-5-12-17-20(23(26)27-2)24-22(25)21(18-13-8-6-9-14-18)19-15-10-7-11-16-19/h6-11,13-16,20-21H,3-5,12,17H2,1-2H3,(H,24,25)/t20-/m1/s1. The third-order valence-corrected chi connectivity index (χ3v) is 4.68. The lowest BCUT2D eigenvalue weighted by atomic mass is 9.90. The van der Waals surface area contributed by atoms with Crippen LogP contribution in [0.15, 0.2) is 60.7 Å². The van der Waals surface area contributed by atoms with E-state index in [9.17, 15) is 9.59 Å². The number of ether oxygens (including phenoxy) is 1. The van der Waals surface area contributed by atoms with Crippen molar-refractivity contribution in [3.05, 3.63) is 71.8 Å². The van der Waals surface area contributed by atoms with Crippen LogP contribution in [-0.4, -0.2) is 25.0 Å². The van der Waals surface area contributed by atoms with Gasteiger partial charge in [0.25, 0.3) is 0 Å². The van der Waals surface area contributed by atoms with Gasteiger partial charge in [-0.3, -0.25) is 4.79 Å². The van der Waals surface area contributed by atoms with Crippen LogP contribution in [-0.2, 0) is 14.3 Å². The maximum absolute atomic E-state index is 13.1. The van der Waals surface area contributed by atoms with Gasteiger partial charge in [0.1, 0.15) is 6.04 Å². The maximum atomic E-state index is 13.1. The summed E-state index contributed by atoms with van der Waals surface area (Å²) < 4.78 is 4.91. The van der Waals surface area contributed by atoms with Gasteiger partial charge in [0.15, 0.2) is 0 Å². The molecule has 0 radical (unpaired) electrons. The number of hydrogen-bond donors (Lipinski definition) is 1. The molecule has 27 heavy (non-hydrogen) atoms. The number of benzene rings is 2. The Hall–Kier alpha value is -2.62. The van der Waals surface area contributed by atoms with Gasteiger partial charge in [0, 0.05) is 0 Å². The van der Waals surface area contributed by atoms with Crippen molar-refractivity contribution in [3.63, 3.8) is 0 Å². The number of amides is 1. The Bertz CT molecular complexity index is 661. The van der Waals surface area contributed by atoms with E-state index in [2.05, 4.69) is 12.2 Å². The highest BCUT2D eigenvalue weighted by Crippen LogP contribution is 2.25. The van der Waals surface area contributed by atoms with Gasteiger partial charge in [-0.05, 0) is 17.5 Å². The summed E-state index contributed by atoms with van der Waals surface area (Å²) in [5, 5.41) is 2.93. The minimum atomic E-state index is -0.616. The second kappa shape index (κ2) is 11.2. The number of rotatable bonds is 10. The van der Waals surface area contributed by atoms with E-state index in [0.29, 0.717) is 6.42 Å². The quantitative estimate of drug-likeness (QED) is 0.499. The first-order valence-corrected chi connectivity index (χ1v) is 9.65. The van der Waals surface area contributed by atoms with Gasteiger partial charge in [-0.25, -0.2) is 4.79 Å². The highest BCUT2D eigenvalue weighted by atomic mass is 16.5. The number of nitrogens with one attached hydrogen (secondary N) is 1. The topological polar surface area (TPSA) is 55.4 Å². The Balaban J connectivity index is 2.19. The predicted molar refractivity (Wildman–Crippen MR) is 107 cm³/mol. The second-order valence-electron chi connectivity index (χ2n) is 6.69. The molecule has 0 saturated heterocycles. The maximum Gasteiger partial charge on any atom is 0.328 e. The van der Waals surface area contributed by atoms with E-state index in [1.54, 1.807) is 0 Å². The van der Waals surface area contributed by atoms with Crippen molar-refractivity contribution in [2.45, 2.75) is 51.0 Å². The van der Waals surface area contributed by atoms with E-state index < -0.39 is 12.0 Å². The Kier molecular flexibility index (Phi) is 8.56. The second-order valence-corrected chi connectivity index (χ2v) is 6.69. The molecule has 2 rings (SSSR count). The van der Waals surface area contributed by atoms with Crippen LogP contribution in [0.3, 0.4) is 0 Å². The zero-order valence-corrected chi connectivity index (χ0v) is 16.2. The van der Waals surface area contributed by atoms with Gasteiger partial charge in [0.2, 0.25) is 5.91 Å². The molecule has 0 heterocycles. The molecule has 144 valence electrons. The summed E-state index contributed by atoms with van der Waals surface area (Å²) in [6.45, 7) is 2.14. The summed E-state index contributed by atoms with van der Waals surface area (Å²) in [6, 6.07) is 18.6. The van der Waals surface area contributed by atoms with E-state index in [4.69, 9.17) is 4.74 Å². The molecule has 0 aliphatic heterocycles. The first-order valence-electron chi connectivity index (χ1n) is 9.65. The van der Waals surface area contributed by atoms with Gasteiger partial charge >= 0.3 is 5.97 Å². The fourth-order valence-corrected chi connectivity index (χ4v) is 3.21. The third kappa shape index (κ3) is 6.24. The van der Waals surface area contributed by atoms with Gasteiger partial charge in [-0.2, -0.15) is 0 Å². The minimum Gasteiger partial charge on any atom is -0.467 e. The molecule has 1 atom stereocenters. The van der Waals surface area contributed by atoms with E-state index in [1.807, 2.05) is 60.7 Å². The largest absolute Gasteiger partial charge is 0.467 e. The number of unbranched alkanes of at least 4 members (excludes halogenated alkanes) is 3. The Morgan fingerprint density at radius 2 is 1.44 bits per heavy atom. The molecule has 0 saturated carbocycles. The van der Waals surface area contributed by atoms with Gasteiger partial charge in [-0.15, -0.1) is 0 Å². The highest BCUT2D eigenvalue weighted by molar-refractivity contribution is 5.91. The van der Waals surface area contributed by atoms with Crippen LogP contribution in [0.5, 0.6) is 0 Å². The molecule has 4 nitrogen and oxygen atoms in total. The number of methoxy groups -OCH3 is 1. The summed E-state index contributed by atoms with van der Waals surface area (Å²) in [4.78, 5) is 25.3. The molecule has 0 fully saturated rings. The van der Waals surface area contributed by atoms with Crippen LogP contribution in [0.25, 0.3) is 0 Å². The normalized spacial score (nSPS) is 11.8. The van der Waals surface area contributed by atoms with Crippen molar-refractivity contribution in [1.29, 1.82) is 0 Å². The summed E-state index contributed by atoms with van der Waals surface area (Å²) in [5.74, 6) is -1.03. The van der Waals surface area contributed by atoms with E-state index >= 15 is 0 Å². The van der Waals surface area contributed by atoms with E-state index in [1.165, 1.54) is 7.11 Å². The molecule has 0 aliphatic rings. The third-order valence-electron chi connectivity index (χ3n) is 4.68. The molecule has 2 aromatic rings. The lowest BCUT2D eigenvalue weighted by Gasteiger charge is -2.22. The molecule has 1 N–H and O–H groups in total. The number of esters is 1. The Morgan fingerprint density at radius 1 is 0.889 bits per heavy atom. The van der Waals surface area contributed by atoms with E-state index in [-0.39, 0.29) is 11.9 Å². The minimum absolute atomic E-state index is 0.182. The van der Waals surface area contributed by atoms with Gasteiger partial charge in [-0.1, -0.05) is 93.3 Å². The van der Waals surface area contributed by atoms with Crippen LogP contribution in [0.4, 0.5) is 0 Å². The molecule has 0 bridgehead atoms. The van der Waals surface area contributed by atoms with E-state index in [0.717, 1.165) is 36.8 Å². The van der Waals surface area contributed by atoms with Crippen molar-refractivity contribution in [1.82, 2.24) is 5.32 Å². The fraction of sp³-hybridized carbons (Fsp3) is 0.391. The summed E-state index contributed by atoms with van der Waals surface area (Å²) in [7, 11) is 1.36. The molecule has 0 aliphatic carbocycles. The molecule has 0 unspecified atom stereocenters. The lowest BCUT2D eigenvalue weighted by molar-refractivity contribution is -0.145. The zero-order valence-electron chi connectivity index (χ0n) is 16.2. The smallest absolute Gasteiger partial charge is 0.328 e. The summed E-state index contributed by atoms with van der Waals surface area (Å²) in [5.41, 5.74) is 1.80. The highest BCUT2D eigenvalue weighted by Gasteiger charge is 2.28. The summed E-state index contributed by atoms with van der Waals surface area (Å²) in [6.07, 6.45) is 4.77. The number of carbonyl (C=O) groups excluding carboxylic acids is 2. The lowest BCUT2D eigenvalue weighted by Crippen LogP contribution is -2.43. The van der Waals surface area contributed by atoms with Crippen molar-refractivity contribution < 1.29 is 14.3 Å². The molecule has 1 amide bonds. The van der Waals surface area contributed by atoms with Crippen molar-refractivity contribution in [2.24, 2.45) is 0 Å². The number of carbonyl (C=O) groups is 2. The molecule has 0 aromatic heterocycles. The SMILES string of the molecule is CCCCCC[C@@H](NC(=O)C(c1ccccc1)c1ccccc1)C(=O)OC. The monoisotopic (exact) mass is 367 g/mol. The first kappa shape index (κ1) is 20.7. The van der Waals surface area contributed by atoms with Crippen LogP contribution >= 0.6 is 0 Å². The van der Waals surface area contributed by atoms with Crippen molar-refractivity contribution in [2.75, 3.05) is 7.11 Å². The van der Waals surface area contributed by atoms with Crippen molar-refractivity contribution >= 4 is 11.9 Å². The fourth-order valence-electron chi connectivity index (χ4n) is 3.21. The molecule has 2 aromatic carbocycles. The van der Waals surface area contributed by atoms with Crippen LogP contribution in [0, 0.1) is 0 Å². The van der Waals surface area contributed by atoms with Crippen molar-refractivity contribution in [3.8, 4) is 0 Å². The average Bonchev–Trinajstić information content (AvgIpc) is 2.71.